The zero-order valence-electron chi connectivity index (χ0n) is 17.2. The average Bonchev–Trinajstić information content (AvgIpc) is 2.79. The van der Waals surface area contributed by atoms with Crippen LogP contribution in [0.3, 0.4) is 0 Å². The highest BCUT2D eigenvalue weighted by Crippen LogP contribution is 2.30. The number of benzene rings is 1. The molecular weight excluding hydrogens is 415 g/mol. The van der Waals surface area contributed by atoms with Gasteiger partial charge in [0.1, 0.15) is 11.6 Å². The summed E-state index contributed by atoms with van der Waals surface area (Å²) in [5.74, 6) is 0.00486. The molecule has 10 heteroatoms. The number of nitrogens with one attached hydrogen (secondary N) is 2. The molecule has 3 aromatic rings. The summed E-state index contributed by atoms with van der Waals surface area (Å²) in [7, 11) is 0. The predicted octanol–water partition coefficient (Wildman–Crippen LogP) is 3.84. The SMILES string of the molecule is O=[N+]([O-])c1ccc(NCc2cccnc2)nc1Nc1ccc(N2CCC(O)CC2)c(F)c1. The Morgan fingerprint density at radius 2 is 2.03 bits per heavy atom. The van der Waals surface area contributed by atoms with Crippen molar-refractivity contribution < 1.29 is 14.4 Å². The molecule has 0 amide bonds. The highest BCUT2D eigenvalue weighted by atomic mass is 19.1. The van der Waals surface area contributed by atoms with E-state index in [2.05, 4.69) is 20.6 Å². The maximum absolute atomic E-state index is 14.8. The molecule has 0 saturated carbocycles. The van der Waals surface area contributed by atoms with E-state index in [-0.39, 0.29) is 17.6 Å². The summed E-state index contributed by atoms with van der Waals surface area (Å²) in [5, 5.41) is 27.1. The average molecular weight is 438 g/mol. The molecule has 32 heavy (non-hydrogen) atoms. The Balaban J connectivity index is 1.51. The van der Waals surface area contributed by atoms with Crippen molar-refractivity contribution in [3.05, 3.63) is 76.4 Å². The van der Waals surface area contributed by atoms with Crippen LogP contribution in [0.5, 0.6) is 0 Å². The highest BCUT2D eigenvalue weighted by molar-refractivity contribution is 5.69. The van der Waals surface area contributed by atoms with E-state index in [1.807, 2.05) is 17.0 Å². The van der Waals surface area contributed by atoms with E-state index < -0.39 is 10.7 Å². The summed E-state index contributed by atoms with van der Waals surface area (Å²) in [4.78, 5) is 21.2. The minimum atomic E-state index is -0.538. The fourth-order valence-corrected chi connectivity index (χ4v) is 3.57. The number of hydrogen-bond donors (Lipinski definition) is 3. The van der Waals surface area contributed by atoms with Crippen molar-refractivity contribution in [3.63, 3.8) is 0 Å². The van der Waals surface area contributed by atoms with Crippen LogP contribution in [-0.4, -0.2) is 39.2 Å². The smallest absolute Gasteiger partial charge is 0.311 e. The van der Waals surface area contributed by atoms with E-state index in [4.69, 9.17) is 0 Å². The quantitative estimate of drug-likeness (QED) is 0.376. The summed E-state index contributed by atoms with van der Waals surface area (Å²) in [6.45, 7) is 1.59. The molecule has 166 valence electrons. The second-order valence-electron chi connectivity index (χ2n) is 7.55. The monoisotopic (exact) mass is 438 g/mol. The van der Waals surface area contributed by atoms with Gasteiger partial charge in [-0.15, -0.1) is 0 Å². The van der Waals surface area contributed by atoms with Crippen LogP contribution in [0.1, 0.15) is 18.4 Å². The third-order valence-corrected chi connectivity index (χ3v) is 5.28. The molecule has 9 nitrogen and oxygen atoms in total. The highest BCUT2D eigenvalue weighted by Gasteiger charge is 2.21. The van der Waals surface area contributed by atoms with Gasteiger partial charge in [-0.2, -0.15) is 0 Å². The largest absolute Gasteiger partial charge is 0.393 e. The molecule has 1 aliphatic rings. The first-order chi connectivity index (χ1) is 15.5. The topological polar surface area (TPSA) is 116 Å². The molecule has 3 N–H and O–H groups in total. The lowest BCUT2D eigenvalue weighted by Crippen LogP contribution is -2.36. The van der Waals surface area contributed by atoms with Crippen molar-refractivity contribution in [2.75, 3.05) is 28.6 Å². The molecule has 0 aliphatic carbocycles. The molecule has 0 spiro atoms. The van der Waals surface area contributed by atoms with Crippen molar-refractivity contribution in [1.82, 2.24) is 9.97 Å². The van der Waals surface area contributed by atoms with Crippen LogP contribution in [0.15, 0.2) is 54.9 Å². The Morgan fingerprint density at radius 1 is 1.22 bits per heavy atom. The Bertz CT molecular complexity index is 1090. The van der Waals surface area contributed by atoms with E-state index in [1.165, 1.54) is 18.2 Å². The van der Waals surface area contributed by atoms with Crippen molar-refractivity contribution in [1.29, 1.82) is 0 Å². The fraction of sp³-hybridized carbons (Fsp3) is 0.273. The van der Waals surface area contributed by atoms with Crippen LogP contribution in [0.2, 0.25) is 0 Å². The zero-order valence-corrected chi connectivity index (χ0v) is 17.2. The lowest BCUT2D eigenvalue weighted by molar-refractivity contribution is -0.384. The molecule has 0 unspecified atom stereocenters. The summed E-state index contributed by atoms with van der Waals surface area (Å²) in [6.07, 6.45) is 4.23. The number of anilines is 4. The molecule has 1 aliphatic heterocycles. The van der Waals surface area contributed by atoms with Crippen LogP contribution < -0.4 is 15.5 Å². The predicted molar refractivity (Wildman–Crippen MR) is 120 cm³/mol. The van der Waals surface area contributed by atoms with E-state index in [0.29, 0.717) is 49.7 Å². The molecule has 1 fully saturated rings. The zero-order chi connectivity index (χ0) is 22.5. The van der Waals surface area contributed by atoms with Crippen molar-refractivity contribution in [2.24, 2.45) is 0 Å². The Morgan fingerprint density at radius 3 is 2.72 bits per heavy atom. The molecule has 0 radical (unpaired) electrons. The molecule has 0 atom stereocenters. The number of halogens is 1. The minimum absolute atomic E-state index is 0.0134. The number of pyridine rings is 2. The Kier molecular flexibility index (Phi) is 6.41. The molecule has 1 aromatic carbocycles. The third-order valence-electron chi connectivity index (χ3n) is 5.28. The number of rotatable bonds is 7. The van der Waals surface area contributed by atoms with Crippen molar-refractivity contribution in [2.45, 2.75) is 25.5 Å². The minimum Gasteiger partial charge on any atom is -0.393 e. The van der Waals surface area contributed by atoms with E-state index in [9.17, 15) is 19.6 Å². The second kappa shape index (κ2) is 9.56. The van der Waals surface area contributed by atoms with Gasteiger partial charge in [-0.05, 0) is 48.7 Å². The Hall–Kier alpha value is -3.79. The lowest BCUT2D eigenvalue weighted by atomic mass is 10.1. The molecule has 4 rings (SSSR count). The summed E-state index contributed by atoms with van der Waals surface area (Å²) in [6, 6.07) is 11.2. The van der Waals surface area contributed by atoms with E-state index in [0.717, 1.165) is 5.56 Å². The first-order valence-corrected chi connectivity index (χ1v) is 10.3. The van der Waals surface area contributed by atoms with Crippen LogP contribution >= 0.6 is 0 Å². The fourth-order valence-electron chi connectivity index (χ4n) is 3.57. The first-order valence-electron chi connectivity index (χ1n) is 10.3. The van der Waals surface area contributed by atoms with E-state index >= 15 is 0 Å². The summed E-state index contributed by atoms with van der Waals surface area (Å²) in [5.41, 5.74) is 1.51. The molecule has 2 aromatic heterocycles. The van der Waals surface area contributed by atoms with Crippen molar-refractivity contribution >= 4 is 28.7 Å². The standard InChI is InChI=1S/C22H23FN6O3/c23-18-12-16(3-4-19(18)28-10-7-17(30)8-11-28)26-22-20(29(31)32)5-6-21(27-22)25-14-15-2-1-9-24-13-15/h1-6,9,12-13,17,30H,7-8,10-11,14H2,(H2,25,26,27). The second-order valence-corrected chi connectivity index (χ2v) is 7.55. The third kappa shape index (κ3) is 5.09. The molecule has 0 bridgehead atoms. The van der Waals surface area contributed by atoms with Gasteiger partial charge in [0.05, 0.1) is 16.7 Å². The first kappa shape index (κ1) is 21.4. The summed E-state index contributed by atoms with van der Waals surface area (Å²) >= 11 is 0. The summed E-state index contributed by atoms with van der Waals surface area (Å²) < 4.78 is 14.8. The van der Waals surface area contributed by atoms with Gasteiger partial charge in [-0.25, -0.2) is 9.37 Å². The van der Waals surface area contributed by atoms with Crippen molar-refractivity contribution in [3.8, 4) is 0 Å². The van der Waals surface area contributed by atoms with Crippen LogP contribution in [0.25, 0.3) is 0 Å². The van der Waals surface area contributed by atoms with Gasteiger partial charge in [0.25, 0.3) is 0 Å². The molecule has 1 saturated heterocycles. The van der Waals surface area contributed by atoms with Gasteiger partial charge in [0, 0.05) is 43.8 Å². The lowest BCUT2D eigenvalue weighted by Gasteiger charge is -2.31. The normalized spacial score (nSPS) is 14.2. The number of nitrogens with zero attached hydrogens (tertiary/aromatic N) is 4. The number of aliphatic hydroxyl groups is 1. The number of aromatic nitrogens is 2. The van der Waals surface area contributed by atoms with E-state index in [1.54, 1.807) is 24.5 Å². The van der Waals surface area contributed by atoms with Gasteiger partial charge in [-0.1, -0.05) is 6.07 Å². The number of hydrogen-bond acceptors (Lipinski definition) is 8. The van der Waals surface area contributed by atoms with Crippen LogP contribution in [0, 0.1) is 15.9 Å². The van der Waals surface area contributed by atoms with Crippen LogP contribution in [-0.2, 0) is 6.54 Å². The number of nitro groups is 1. The van der Waals surface area contributed by atoms with Gasteiger partial charge in [0.2, 0.25) is 5.82 Å². The number of piperidine rings is 1. The van der Waals surface area contributed by atoms with Gasteiger partial charge < -0.3 is 20.6 Å². The number of aliphatic hydroxyl groups excluding tert-OH is 1. The Labute approximate surface area is 184 Å². The maximum Gasteiger partial charge on any atom is 0.311 e. The van der Waals surface area contributed by atoms with Gasteiger partial charge in [-0.3, -0.25) is 15.1 Å². The van der Waals surface area contributed by atoms with Crippen LogP contribution in [0.4, 0.5) is 33.1 Å². The molecular formula is C22H23FN6O3. The van der Waals surface area contributed by atoms with Gasteiger partial charge >= 0.3 is 5.69 Å². The molecule has 3 heterocycles. The van der Waals surface area contributed by atoms with Gasteiger partial charge in [0.15, 0.2) is 0 Å². The maximum atomic E-state index is 14.8.